The van der Waals surface area contributed by atoms with Gasteiger partial charge in [0.05, 0.1) is 12.5 Å². The van der Waals surface area contributed by atoms with Crippen molar-refractivity contribution in [3.8, 4) is 17.6 Å². The third kappa shape index (κ3) is 2.47. The van der Waals surface area contributed by atoms with Crippen LogP contribution in [0.4, 0.5) is 8.78 Å². The summed E-state index contributed by atoms with van der Waals surface area (Å²) < 4.78 is 36.6. The zero-order chi connectivity index (χ0) is 12.5. The fourth-order valence-corrected chi connectivity index (χ4v) is 1.57. The van der Waals surface area contributed by atoms with Gasteiger partial charge in [-0.25, -0.2) is 8.78 Å². The minimum Gasteiger partial charge on any atom is -0.486 e. The molecule has 17 heavy (non-hydrogen) atoms. The minimum absolute atomic E-state index is 0.173. The van der Waals surface area contributed by atoms with Gasteiger partial charge in [-0.3, -0.25) is 0 Å². The van der Waals surface area contributed by atoms with Crippen molar-refractivity contribution in [1.82, 2.24) is 0 Å². The summed E-state index contributed by atoms with van der Waals surface area (Å²) in [5.74, 6) is -2.24. The number of nitriles is 1. The number of hydrogen-bond acceptors (Lipinski definition) is 3. The molecule has 3 nitrogen and oxygen atoms in total. The molecule has 0 radical (unpaired) electrons. The van der Waals surface area contributed by atoms with Gasteiger partial charge in [0.1, 0.15) is 6.61 Å². The lowest BCUT2D eigenvalue weighted by atomic mass is 10.1. The van der Waals surface area contributed by atoms with Crippen LogP contribution >= 0.6 is 0 Å². The summed E-state index contributed by atoms with van der Waals surface area (Å²) in [4.78, 5) is 0. The van der Waals surface area contributed by atoms with Crippen molar-refractivity contribution in [1.29, 1.82) is 5.26 Å². The molecule has 2 rings (SSSR count). The van der Waals surface area contributed by atoms with E-state index in [1.54, 1.807) is 18.2 Å². The van der Waals surface area contributed by atoms with E-state index in [0.717, 1.165) is 12.5 Å². The lowest BCUT2D eigenvalue weighted by molar-refractivity contribution is -0.105. The highest BCUT2D eigenvalue weighted by atomic mass is 19.3. The Labute approximate surface area is 97.6 Å². The Kier molecular flexibility index (Phi) is 2.88. The standard InChI is InChI=1S/C12H11F2NO2/c1-12(13,14)11-7-16-9-3-2-8(4-5-15)6-10(9)17-11/h2-3,6,11H,4,7H2,1H3. The van der Waals surface area contributed by atoms with Gasteiger partial charge in [0.25, 0.3) is 5.92 Å². The van der Waals surface area contributed by atoms with Crippen LogP contribution < -0.4 is 9.47 Å². The SMILES string of the molecule is CC(F)(F)C1COc2ccc(CC#N)cc2O1. The van der Waals surface area contributed by atoms with Crippen LogP contribution in [0.5, 0.6) is 11.5 Å². The monoisotopic (exact) mass is 239 g/mol. The highest BCUT2D eigenvalue weighted by molar-refractivity contribution is 5.44. The maximum Gasteiger partial charge on any atom is 0.284 e. The summed E-state index contributed by atoms with van der Waals surface area (Å²) in [7, 11) is 0. The third-order valence-electron chi connectivity index (χ3n) is 2.52. The zero-order valence-corrected chi connectivity index (χ0v) is 9.24. The second-order valence-corrected chi connectivity index (χ2v) is 3.99. The highest BCUT2D eigenvalue weighted by Gasteiger charge is 2.39. The summed E-state index contributed by atoms with van der Waals surface area (Å²) in [6, 6.07) is 6.90. The molecule has 0 amide bonds. The molecule has 1 heterocycles. The largest absolute Gasteiger partial charge is 0.486 e. The van der Waals surface area contributed by atoms with E-state index in [-0.39, 0.29) is 18.8 Å². The van der Waals surface area contributed by atoms with Crippen molar-refractivity contribution in [3.05, 3.63) is 23.8 Å². The van der Waals surface area contributed by atoms with Gasteiger partial charge in [0.2, 0.25) is 0 Å². The number of halogens is 2. The van der Waals surface area contributed by atoms with E-state index in [9.17, 15) is 8.78 Å². The van der Waals surface area contributed by atoms with Gasteiger partial charge in [0.15, 0.2) is 17.6 Å². The Balaban J connectivity index is 2.24. The highest BCUT2D eigenvalue weighted by Crippen LogP contribution is 2.36. The smallest absolute Gasteiger partial charge is 0.284 e. The van der Waals surface area contributed by atoms with Crippen LogP contribution in [0.15, 0.2) is 18.2 Å². The lowest BCUT2D eigenvalue weighted by Gasteiger charge is -2.30. The van der Waals surface area contributed by atoms with E-state index in [0.29, 0.717) is 5.75 Å². The maximum atomic E-state index is 13.1. The first-order chi connectivity index (χ1) is 8.00. The quantitative estimate of drug-likeness (QED) is 0.796. The molecule has 1 atom stereocenters. The molecular weight excluding hydrogens is 228 g/mol. The topological polar surface area (TPSA) is 42.2 Å². The van der Waals surface area contributed by atoms with E-state index in [4.69, 9.17) is 14.7 Å². The summed E-state index contributed by atoms with van der Waals surface area (Å²) in [5, 5.41) is 8.56. The molecule has 1 aliphatic rings. The van der Waals surface area contributed by atoms with Crippen LogP contribution in [0.25, 0.3) is 0 Å². The number of ether oxygens (including phenoxy) is 2. The van der Waals surface area contributed by atoms with E-state index in [1.165, 1.54) is 0 Å². The average Bonchev–Trinajstić information content (AvgIpc) is 2.27. The Bertz CT molecular complexity index is 463. The van der Waals surface area contributed by atoms with Crippen LogP contribution in [0.2, 0.25) is 0 Å². The minimum atomic E-state index is -2.96. The fourth-order valence-electron chi connectivity index (χ4n) is 1.57. The molecule has 0 fully saturated rings. The van der Waals surface area contributed by atoms with Crippen LogP contribution in [-0.2, 0) is 6.42 Å². The number of rotatable bonds is 2. The first-order valence-electron chi connectivity index (χ1n) is 5.18. The fraction of sp³-hybridized carbons (Fsp3) is 0.417. The molecule has 0 saturated carbocycles. The van der Waals surface area contributed by atoms with E-state index in [2.05, 4.69) is 0 Å². The molecule has 1 aromatic carbocycles. The molecular formula is C12H11F2NO2. The van der Waals surface area contributed by atoms with Crippen molar-refractivity contribution in [2.75, 3.05) is 6.61 Å². The van der Waals surface area contributed by atoms with Gasteiger partial charge in [-0.1, -0.05) is 6.07 Å². The molecule has 1 aliphatic heterocycles. The van der Waals surface area contributed by atoms with Crippen molar-refractivity contribution in [3.63, 3.8) is 0 Å². The molecule has 0 aromatic heterocycles. The van der Waals surface area contributed by atoms with Gasteiger partial charge in [0, 0.05) is 6.92 Å². The molecule has 0 N–H and O–H groups in total. The Hall–Kier alpha value is -1.83. The van der Waals surface area contributed by atoms with Crippen molar-refractivity contribution >= 4 is 0 Å². The maximum absolute atomic E-state index is 13.1. The second kappa shape index (κ2) is 4.21. The molecule has 0 spiro atoms. The summed E-state index contributed by atoms with van der Waals surface area (Å²) in [5.41, 5.74) is 0.718. The van der Waals surface area contributed by atoms with Crippen molar-refractivity contribution in [2.24, 2.45) is 0 Å². The molecule has 5 heteroatoms. The van der Waals surface area contributed by atoms with Gasteiger partial charge < -0.3 is 9.47 Å². The first kappa shape index (κ1) is 11.6. The molecule has 0 aliphatic carbocycles. The van der Waals surface area contributed by atoms with Crippen molar-refractivity contribution < 1.29 is 18.3 Å². The molecule has 1 aromatic rings. The van der Waals surface area contributed by atoms with Gasteiger partial charge >= 0.3 is 0 Å². The number of nitrogens with zero attached hydrogens (tertiary/aromatic N) is 1. The predicted octanol–water partition coefficient (Wildman–Crippen LogP) is 2.55. The molecule has 1 unspecified atom stereocenters. The number of benzene rings is 1. The van der Waals surface area contributed by atoms with E-state index < -0.39 is 12.0 Å². The Morgan fingerprint density at radius 1 is 1.47 bits per heavy atom. The van der Waals surface area contributed by atoms with Crippen LogP contribution in [0, 0.1) is 11.3 Å². The average molecular weight is 239 g/mol. The molecule has 0 bridgehead atoms. The second-order valence-electron chi connectivity index (χ2n) is 3.99. The third-order valence-corrected chi connectivity index (χ3v) is 2.52. The Morgan fingerprint density at radius 3 is 2.88 bits per heavy atom. The zero-order valence-electron chi connectivity index (χ0n) is 9.24. The summed E-state index contributed by atoms with van der Waals surface area (Å²) in [6.07, 6.45) is -1.07. The van der Waals surface area contributed by atoms with Gasteiger partial charge in [-0.2, -0.15) is 5.26 Å². The van der Waals surface area contributed by atoms with E-state index in [1.807, 2.05) is 6.07 Å². The number of alkyl halides is 2. The number of hydrogen-bond donors (Lipinski definition) is 0. The lowest BCUT2D eigenvalue weighted by Crippen LogP contribution is -2.42. The van der Waals surface area contributed by atoms with Crippen LogP contribution in [0.3, 0.4) is 0 Å². The van der Waals surface area contributed by atoms with Crippen LogP contribution in [-0.4, -0.2) is 18.6 Å². The first-order valence-corrected chi connectivity index (χ1v) is 5.18. The number of fused-ring (bicyclic) bond motifs is 1. The normalized spacial score (nSPS) is 18.6. The molecule has 0 saturated heterocycles. The Morgan fingerprint density at radius 2 is 2.24 bits per heavy atom. The van der Waals surface area contributed by atoms with Crippen LogP contribution in [0.1, 0.15) is 12.5 Å². The predicted molar refractivity (Wildman–Crippen MR) is 56.3 cm³/mol. The van der Waals surface area contributed by atoms with E-state index >= 15 is 0 Å². The van der Waals surface area contributed by atoms with Gasteiger partial charge in [-0.15, -0.1) is 0 Å². The van der Waals surface area contributed by atoms with Crippen molar-refractivity contribution in [2.45, 2.75) is 25.4 Å². The van der Waals surface area contributed by atoms with Gasteiger partial charge in [-0.05, 0) is 17.7 Å². The summed E-state index contributed by atoms with van der Waals surface area (Å²) >= 11 is 0. The molecule has 90 valence electrons. The summed E-state index contributed by atoms with van der Waals surface area (Å²) in [6.45, 7) is 0.624.